The van der Waals surface area contributed by atoms with Crippen molar-refractivity contribution in [3.8, 4) is 45.0 Å². The number of hydrogen-bond acceptors (Lipinski definition) is 4. The van der Waals surface area contributed by atoms with E-state index in [4.69, 9.17) is 0 Å². The van der Waals surface area contributed by atoms with Crippen molar-refractivity contribution in [1.29, 1.82) is 0 Å². The van der Waals surface area contributed by atoms with Crippen LogP contribution in [0.4, 0.5) is 26.3 Å². The van der Waals surface area contributed by atoms with Crippen molar-refractivity contribution in [1.82, 2.24) is 30.4 Å². The maximum atomic E-state index is 13.0. The Labute approximate surface area is 377 Å². The summed E-state index contributed by atoms with van der Waals surface area (Å²) in [7, 11) is 0. The minimum Gasteiger partial charge on any atom is -0.573 e. The molecule has 13 heteroatoms. The van der Waals surface area contributed by atoms with Gasteiger partial charge in [0.15, 0.2) is 0 Å². The molecule has 0 atom stereocenters. The first-order valence-electron chi connectivity index (χ1n) is 20.5. The summed E-state index contributed by atoms with van der Waals surface area (Å²) in [6.45, 7) is 17.3. The second-order valence-electron chi connectivity index (χ2n) is 16.6. The molecule has 8 aromatic rings. The third-order valence-corrected chi connectivity index (χ3v) is 11.0. The van der Waals surface area contributed by atoms with Crippen molar-refractivity contribution >= 4 is 21.5 Å². The quantitative estimate of drug-likeness (QED) is 0.141. The normalized spacial score (nSPS) is 12.1. The van der Waals surface area contributed by atoms with E-state index in [0.29, 0.717) is 35.1 Å². The van der Waals surface area contributed by atoms with Gasteiger partial charge in [0.05, 0.1) is 17.1 Å². The monoisotopic (exact) mass is 1040 g/mol. The zero-order valence-corrected chi connectivity index (χ0v) is 38.2. The van der Waals surface area contributed by atoms with Crippen LogP contribution in [0.5, 0.6) is 0 Å². The first-order valence-corrected chi connectivity index (χ1v) is 20.5. The number of aromatic nitrogens is 6. The largest absolute Gasteiger partial charge is 2.00 e. The molecule has 0 amide bonds. The molecule has 4 aromatic heterocycles. The van der Waals surface area contributed by atoms with Crippen LogP contribution in [0.25, 0.3) is 66.6 Å². The van der Waals surface area contributed by atoms with Gasteiger partial charge in [0.1, 0.15) is 5.69 Å². The molecule has 63 heavy (non-hydrogen) atoms. The van der Waals surface area contributed by atoms with E-state index in [2.05, 4.69) is 122 Å². The molecule has 6 nitrogen and oxygen atoms in total. The van der Waals surface area contributed by atoms with Crippen molar-refractivity contribution in [3.05, 3.63) is 143 Å². The minimum atomic E-state index is -4.54. The van der Waals surface area contributed by atoms with Gasteiger partial charge >= 0.3 is 33.4 Å². The van der Waals surface area contributed by atoms with E-state index in [1.807, 2.05) is 48.5 Å². The Balaban J connectivity index is 0.000000206. The summed E-state index contributed by atoms with van der Waals surface area (Å²) in [6, 6.07) is 29.9. The zero-order chi connectivity index (χ0) is 44.7. The number of halogens is 6. The Hall–Kier alpha value is -5.61. The maximum Gasteiger partial charge on any atom is 2.00 e. The molecular formula is C50H46F6N6Pt. The van der Waals surface area contributed by atoms with E-state index in [1.54, 1.807) is 12.4 Å². The van der Waals surface area contributed by atoms with E-state index < -0.39 is 23.7 Å². The second-order valence-corrected chi connectivity index (χ2v) is 16.6. The molecule has 0 saturated carbocycles. The number of fused-ring (bicyclic) bond motifs is 2. The number of rotatable bonds is 8. The fraction of sp³-hybridized carbons (Fsp3) is 0.280. The summed E-state index contributed by atoms with van der Waals surface area (Å²) in [4.78, 5) is 9.16. The van der Waals surface area contributed by atoms with Crippen molar-refractivity contribution in [3.63, 3.8) is 0 Å². The SMILES string of the molecule is CC(C)c1cccc(C(C)C)c1-c1cnc(-c2cc(C(F)(F)F)[n-]n2)c2ccccc12.CC(C)c1cccc(C(C)C)c1-c1cnc(-c2cc(C(F)(F)F)n[n-]2)c2ccccc12.[Pt+2]. The predicted octanol–water partition coefficient (Wildman–Crippen LogP) is 14.4. The van der Waals surface area contributed by atoms with Crippen molar-refractivity contribution in [2.75, 3.05) is 0 Å². The van der Waals surface area contributed by atoms with E-state index in [-0.39, 0.29) is 32.5 Å². The average Bonchev–Trinajstić information content (AvgIpc) is 3.95. The van der Waals surface area contributed by atoms with Crippen molar-refractivity contribution < 1.29 is 47.4 Å². The Morgan fingerprint density at radius 2 is 0.873 bits per heavy atom. The molecule has 0 fully saturated rings. The molecule has 4 heterocycles. The van der Waals surface area contributed by atoms with Crippen LogP contribution in [0.1, 0.15) is 113 Å². The number of alkyl halides is 6. The van der Waals surface area contributed by atoms with Crippen LogP contribution >= 0.6 is 0 Å². The van der Waals surface area contributed by atoms with Gasteiger partial charge < -0.3 is 20.4 Å². The van der Waals surface area contributed by atoms with Gasteiger partial charge in [-0.15, -0.1) is 0 Å². The summed E-state index contributed by atoms with van der Waals surface area (Å²) in [6.07, 6.45) is -5.56. The molecule has 0 radical (unpaired) electrons. The van der Waals surface area contributed by atoms with Crippen molar-refractivity contribution in [2.45, 2.75) is 91.4 Å². The summed E-state index contributed by atoms with van der Waals surface area (Å²) in [5.74, 6) is 1.23. The van der Waals surface area contributed by atoms with Crippen LogP contribution in [0, 0.1) is 0 Å². The summed E-state index contributed by atoms with van der Waals surface area (Å²) in [5.41, 5.74) is 8.15. The molecule has 0 aliphatic heterocycles. The Morgan fingerprint density at radius 1 is 0.460 bits per heavy atom. The van der Waals surface area contributed by atoms with E-state index in [0.717, 1.165) is 55.9 Å². The average molecular weight is 1040 g/mol. The second kappa shape index (κ2) is 18.6. The molecule has 0 aliphatic carbocycles. The molecule has 8 rings (SSSR count). The third kappa shape index (κ3) is 9.52. The summed E-state index contributed by atoms with van der Waals surface area (Å²) >= 11 is 0. The standard InChI is InChI=1S/2C25H23F3N3.Pt/c2*1-14(2)16-10-7-11-17(15(3)4)23(16)20-13-29-24(19-9-6-5-8-18(19)20)21-12-22(31-30-21)25(26,27)28;/h2*5-15H,1-4H3;/q2*-1;+2. The molecule has 4 aromatic carbocycles. The Kier molecular flexibility index (Phi) is 13.9. The number of benzene rings is 4. The first kappa shape index (κ1) is 46.9. The van der Waals surface area contributed by atoms with Crippen LogP contribution in [0.2, 0.25) is 0 Å². The molecule has 0 saturated heterocycles. The minimum absolute atomic E-state index is 0. The first-order chi connectivity index (χ1) is 29.4. The van der Waals surface area contributed by atoms with Crippen molar-refractivity contribution in [2.24, 2.45) is 0 Å². The zero-order valence-electron chi connectivity index (χ0n) is 36.0. The number of nitrogens with zero attached hydrogens (tertiary/aromatic N) is 6. The molecule has 0 unspecified atom stereocenters. The fourth-order valence-electron chi connectivity index (χ4n) is 8.01. The van der Waals surface area contributed by atoms with Crippen LogP contribution < -0.4 is 10.2 Å². The van der Waals surface area contributed by atoms with Crippen LogP contribution in [0.15, 0.2) is 109 Å². The molecule has 328 valence electrons. The van der Waals surface area contributed by atoms with Gasteiger partial charge in [0, 0.05) is 34.3 Å². The number of pyridine rings is 2. The predicted molar refractivity (Wildman–Crippen MR) is 234 cm³/mol. The van der Waals surface area contributed by atoms with Gasteiger partial charge in [-0.3, -0.25) is 9.97 Å². The van der Waals surface area contributed by atoms with Gasteiger partial charge in [0.2, 0.25) is 0 Å². The van der Waals surface area contributed by atoms with Crippen LogP contribution in [0.3, 0.4) is 0 Å². The fourth-order valence-corrected chi connectivity index (χ4v) is 8.01. The molecule has 0 spiro atoms. The van der Waals surface area contributed by atoms with Crippen LogP contribution in [-0.4, -0.2) is 20.2 Å². The van der Waals surface area contributed by atoms with E-state index in [9.17, 15) is 26.3 Å². The molecule has 0 bridgehead atoms. The topological polar surface area (TPSA) is 79.8 Å². The third-order valence-electron chi connectivity index (χ3n) is 11.0. The molecular weight excluding hydrogens is 994 g/mol. The Bertz CT molecular complexity index is 2620. The van der Waals surface area contributed by atoms with Gasteiger partial charge in [-0.1, -0.05) is 146 Å². The van der Waals surface area contributed by atoms with Gasteiger partial charge in [-0.05, 0) is 85.7 Å². The summed E-state index contributed by atoms with van der Waals surface area (Å²) < 4.78 is 78.2. The smallest absolute Gasteiger partial charge is 0.573 e. The van der Waals surface area contributed by atoms with Gasteiger partial charge in [-0.25, -0.2) is 0 Å². The Morgan fingerprint density at radius 3 is 1.25 bits per heavy atom. The van der Waals surface area contributed by atoms with Crippen LogP contribution in [-0.2, 0) is 33.4 Å². The maximum absolute atomic E-state index is 13.0. The van der Waals surface area contributed by atoms with Gasteiger partial charge in [0.25, 0.3) is 0 Å². The van der Waals surface area contributed by atoms with E-state index in [1.165, 1.54) is 22.3 Å². The summed E-state index contributed by atoms with van der Waals surface area (Å²) in [5, 5.41) is 17.5. The molecule has 0 aliphatic rings. The van der Waals surface area contributed by atoms with Gasteiger partial charge in [-0.2, -0.15) is 26.3 Å². The number of hydrogen-bond donors (Lipinski definition) is 0. The van der Waals surface area contributed by atoms with E-state index >= 15 is 0 Å². The molecule has 0 N–H and O–H groups in total.